The molecule has 136 valence electrons. The standard InChI is InChI=1S/C18H31N3O3/c1-14-6-3-9-21(13-14)10-5-8-19-18(23)20-15(2)12-16(22)17-7-4-11-24-17/h4,7,11,14-16,22H,3,5-6,8-10,12-13H2,1-2H3,(H2,19,20,23). The van der Waals surface area contributed by atoms with Crippen molar-refractivity contribution >= 4 is 6.03 Å². The molecule has 6 heteroatoms. The fourth-order valence-corrected chi connectivity index (χ4v) is 3.26. The summed E-state index contributed by atoms with van der Waals surface area (Å²) in [6.45, 7) is 8.24. The van der Waals surface area contributed by atoms with Crippen LogP contribution in [0.1, 0.15) is 51.4 Å². The van der Waals surface area contributed by atoms with E-state index in [4.69, 9.17) is 4.42 Å². The molecule has 0 aliphatic carbocycles. The molecule has 1 aliphatic rings. The first-order valence-corrected chi connectivity index (χ1v) is 9.02. The molecule has 0 aromatic carbocycles. The molecule has 2 amide bonds. The minimum absolute atomic E-state index is 0.131. The quantitative estimate of drug-likeness (QED) is 0.637. The van der Waals surface area contributed by atoms with Gasteiger partial charge in [0.1, 0.15) is 11.9 Å². The molecule has 24 heavy (non-hydrogen) atoms. The van der Waals surface area contributed by atoms with E-state index < -0.39 is 6.10 Å². The van der Waals surface area contributed by atoms with Crippen molar-refractivity contribution in [3.05, 3.63) is 24.2 Å². The maximum absolute atomic E-state index is 11.9. The van der Waals surface area contributed by atoms with E-state index in [1.807, 2.05) is 6.92 Å². The van der Waals surface area contributed by atoms with Crippen LogP contribution in [0.3, 0.4) is 0 Å². The molecule has 0 spiro atoms. The van der Waals surface area contributed by atoms with Crippen molar-refractivity contribution in [1.29, 1.82) is 0 Å². The summed E-state index contributed by atoms with van der Waals surface area (Å²) in [4.78, 5) is 14.4. The average molecular weight is 337 g/mol. The SMILES string of the molecule is CC1CCCN(CCCNC(=O)NC(C)CC(O)c2ccco2)C1. The minimum atomic E-state index is -0.698. The monoisotopic (exact) mass is 337 g/mol. The third-order valence-electron chi connectivity index (χ3n) is 4.50. The normalized spacial score (nSPS) is 21.2. The molecule has 1 aliphatic heterocycles. The molecule has 3 atom stereocenters. The number of likely N-dealkylation sites (tertiary alicyclic amines) is 1. The molecule has 1 aromatic rings. The van der Waals surface area contributed by atoms with Gasteiger partial charge in [0.2, 0.25) is 0 Å². The lowest BCUT2D eigenvalue weighted by molar-refractivity contribution is 0.129. The predicted molar refractivity (Wildman–Crippen MR) is 93.7 cm³/mol. The van der Waals surface area contributed by atoms with E-state index in [1.54, 1.807) is 12.1 Å². The van der Waals surface area contributed by atoms with Crippen LogP contribution in [0.25, 0.3) is 0 Å². The van der Waals surface area contributed by atoms with E-state index in [0.717, 1.165) is 18.9 Å². The lowest BCUT2D eigenvalue weighted by Crippen LogP contribution is -2.42. The van der Waals surface area contributed by atoms with E-state index in [2.05, 4.69) is 22.5 Å². The second kappa shape index (κ2) is 9.69. The van der Waals surface area contributed by atoms with E-state index in [1.165, 1.54) is 32.2 Å². The number of hydrogen-bond acceptors (Lipinski definition) is 4. The van der Waals surface area contributed by atoms with Crippen LogP contribution in [0, 0.1) is 5.92 Å². The molecule has 3 unspecified atom stereocenters. The third kappa shape index (κ3) is 6.53. The maximum Gasteiger partial charge on any atom is 0.314 e. The Kier molecular flexibility index (Phi) is 7.59. The Morgan fingerprint density at radius 3 is 3.08 bits per heavy atom. The van der Waals surface area contributed by atoms with Crippen LogP contribution in [0.5, 0.6) is 0 Å². The van der Waals surface area contributed by atoms with Crippen molar-refractivity contribution in [3.63, 3.8) is 0 Å². The number of carbonyl (C=O) groups is 1. The highest BCUT2D eigenvalue weighted by Gasteiger charge is 2.17. The highest BCUT2D eigenvalue weighted by molar-refractivity contribution is 5.74. The molecule has 0 radical (unpaired) electrons. The second-order valence-electron chi connectivity index (χ2n) is 6.97. The van der Waals surface area contributed by atoms with Crippen LogP contribution in [-0.4, -0.2) is 48.3 Å². The molecular formula is C18H31N3O3. The molecule has 1 fully saturated rings. The van der Waals surface area contributed by atoms with Crippen molar-refractivity contribution in [3.8, 4) is 0 Å². The van der Waals surface area contributed by atoms with Crippen molar-refractivity contribution in [2.24, 2.45) is 5.92 Å². The Morgan fingerprint density at radius 2 is 2.38 bits per heavy atom. The number of hydrogen-bond donors (Lipinski definition) is 3. The molecule has 0 bridgehead atoms. The average Bonchev–Trinajstić information content (AvgIpc) is 3.06. The number of aliphatic hydroxyl groups excluding tert-OH is 1. The Balaban J connectivity index is 1.55. The molecule has 2 rings (SSSR count). The number of urea groups is 1. The van der Waals surface area contributed by atoms with Crippen molar-refractivity contribution in [2.75, 3.05) is 26.2 Å². The topological polar surface area (TPSA) is 77.7 Å². The summed E-state index contributed by atoms with van der Waals surface area (Å²) in [7, 11) is 0. The molecule has 3 N–H and O–H groups in total. The smallest absolute Gasteiger partial charge is 0.314 e. The van der Waals surface area contributed by atoms with Crippen LogP contribution >= 0.6 is 0 Å². The van der Waals surface area contributed by atoms with Gasteiger partial charge in [-0.2, -0.15) is 0 Å². The lowest BCUT2D eigenvalue weighted by Gasteiger charge is -2.30. The summed E-state index contributed by atoms with van der Waals surface area (Å²) in [6.07, 6.45) is 4.84. The van der Waals surface area contributed by atoms with Gasteiger partial charge >= 0.3 is 6.03 Å². The Morgan fingerprint density at radius 1 is 1.54 bits per heavy atom. The van der Waals surface area contributed by atoms with Gasteiger partial charge in [-0.25, -0.2) is 4.79 Å². The fraction of sp³-hybridized carbons (Fsp3) is 0.722. The summed E-state index contributed by atoms with van der Waals surface area (Å²) in [5.41, 5.74) is 0. The van der Waals surface area contributed by atoms with E-state index in [0.29, 0.717) is 18.7 Å². The molecule has 6 nitrogen and oxygen atoms in total. The highest BCUT2D eigenvalue weighted by atomic mass is 16.4. The largest absolute Gasteiger partial charge is 0.467 e. The lowest BCUT2D eigenvalue weighted by atomic mass is 10.0. The van der Waals surface area contributed by atoms with Crippen molar-refractivity contribution < 1.29 is 14.3 Å². The number of carbonyl (C=O) groups excluding carboxylic acids is 1. The van der Waals surface area contributed by atoms with Gasteiger partial charge in [0.05, 0.1) is 6.26 Å². The van der Waals surface area contributed by atoms with Gasteiger partial charge in [-0.15, -0.1) is 0 Å². The fourth-order valence-electron chi connectivity index (χ4n) is 3.26. The number of amides is 2. The summed E-state index contributed by atoms with van der Waals surface area (Å²) >= 11 is 0. The summed E-state index contributed by atoms with van der Waals surface area (Å²) < 4.78 is 5.16. The number of nitrogens with one attached hydrogen (secondary N) is 2. The Bertz CT molecular complexity index is 478. The van der Waals surface area contributed by atoms with E-state index in [9.17, 15) is 9.90 Å². The number of piperidine rings is 1. The van der Waals surface area contributed by atoms with E-state index >= 15 is 0 Å². The van der Waals surface area contributed by atoms with Gasteiger partial charge in [0.15, 0.2) is 0 Å². The second-order valence-corrected chi connectivity index (χ2v) is 6.97. The zero-order valence-electron chi connectivity index (χ0n) is 14.8. The van der Waals surface area contributed by atoms with Crippen LogP contribution in [0.2, 0.25) is 0 Å². The zero-order valence-corrected chi connectivity index (χ0v) is 14.8. The van der Waals surface area contributed by atoms with Gasteiger partial charge < -0.3 is 25.1 Å². The zero-order chi connectivity index (χ0) is 17.4. The first kappa shape index (κ1) is 18.8. The van der Waals surface area contributed by atoms with Gasteiger partial charge in [0.25, 0.3) is 0 Å². The first-order valence-electron chi connectivity index (χ1n) is 9.02. The highest BCUT2D eigenvalue weighted by Crippen LogP contribution is 2.18. The van der Waals surface area contributed by atoms with Crippen LogP contribution in [-0.2, 0) is 0 Å². The summed E-state index contributed by atoms with van der Waals surface area (Å²) in [5, 5.41) is 15.7. The molecule has 1 aromatic heterocycles. The van der Waals surface area contributed by atoms with Gasteiger partial charge in [-0.05, 0) is 57.3 Å². The molecular weight excluding hydrogens is 306 g/mol. The summed E-state index contributed by atoms with van der Waals surface area (Å²) in [6, 6.07) is 3.17. The van der Waals surface area contributed by atoms with Crippen molar-refractivity contribution in [1.82, 2.24) is 15.5 Å². The van der Waals surface area contributed by atoms with E-state index in [-0.39, 0.29) is 12.1 Å². The van der Waals surface area contributed by atoms with Crippen LogP contribution in [0.15, 0.2) is 22.8 Å². The molecule has 2 heterocycles. The number of nitrogens with zero attached hydrogens (tertiary/aromatic N) is 1. The number of aliphatic hydroxyl groups is 1. The van der Waals surface area contributed by atoms with Gasteiger partial charge in [-0.3, -0.25) is 0 Å². The maximum atomic E-state index is 11.9. The Hall–Kier alpha value is -1.53. The summed E-state index contributed by atoms with van der Waals surface area (Å²) in [5.74, 6) is 1.32. The first-order chi connectivity index (χ1) is 11.5. The number of rotatable bonds is 8. The number of furan rings is 1. The third-order valence-corrected chi connectivity index (χ3v) is 4.50. The van der Waals surface area contributed by atoms with Gasteiger partial charge in [-0.1, -0.05) is 6.92 Å². The van der Waals surface area contributed by atoms with Gasteiger partial charge in [0, 0.05) is 25.6 Å². The van der Waals surface area contributed by atoms with Crippen LogP contribution < -0.4 is 10.6 Å². The predicted octanol–water partition coefficient (Wildman–Crippen LogP) is 2.51. The Labute approximate surface area is 144 Å². The molecule has 0 saturated carbocycles. The van der Waals surface area contributed by atoms with Crippen molar-refractivity contribution in [2.45, 2.75) is 51.7 Å². The van der Waals surface area contributed by atoms with Crippen LogP contribution in [0.4, 0.5) is 4.79 Å². The molecule has 1 saturated heterocycles. The minimum Gasteiger partial charge on any atom is -0.467 e.